The van der Waals surface area contributed by atoms with E-state index in [9.17, 15) is 0 Å². The number of nitrogens with one attached hydrogen (secondary N) is 2. The molecule has 0 saturated heterocycles. The summed E-state index contributed by atoms with van der Waals surface area (Å²) in [6.45, 7) is 6.48. The maximum absolute atomic E-state index is 5.42. The number of aromatic amines is 1. The van der Waals surface area contributed by atoms with Gasteiger partial charge in [-0.15, -0.1) is 0 Å². The fraction of sp³-hybridized carbons (Fsp3) is 0.400. The molecule has 0 aliphatic carbocycles. The van der Waals surface area contributed by atoms with E-state index in [-0.39, 0.29) is 0 Å². The highest BCUT2D eigenvalue weighted by molar-refractivity contribution is 5.66. The third-order valence-electron chi connectivity index (χ3n) is 3.25. The fourth-order valence-corrected chi connectivity index (χ4v) is 2.24. The Morgan fingerprint density at radius 1 is 1.30 bits per heavy atom. The van der Waals surface area contributed by atoms with Crippen molar-refractivity contribution in [3.63, 3.8) is 0 Å². The molecule has 2 aromatic rings. The maximum atomic E-state index is 5.42. The fourth-order valence-electron chi connectivity index (χ4n) is 2.24. The number of nitrogens with zero attached hydrogens (tertiary/aromatic N) is 1. The van der Waals surface area contributed by atoms with Gasteiger partial charge >= 0.3 is 0 Å². The number of hydrogen-bond donors (Lipinski definition) is 2. The van der Waals surface area contributed by atoms with E-state index in [1.807, 2.05) is 24.4 Å². The molecule has 0 fully saturated rings. The van der Waals surface area contributed by atoms with Gasteiger partial charge in [-0.25, -0.2) is 0 Å². The van der Waals surface area contributed by atoms with Crippen molar-refractivity contribution in [2.45, 2.75) is 20.4 Å². The van der Waals surface area contributed by atoms with Crippen LogP contribution in [0.2, 0.25) is 0 Å². The molecule has 0 amide bonds. The van der Waals surface area contributed by atoms with Gasteiger partial charge in [0, 0.05) is 17.7 Å². The zero-order valence-corrected chi connectivity index (χ0v) is 11.8. The molecule has 2 N–H and O–H groups in total. The molecule has 1 aliphatic rings. The number of aromatic nitrogens is 2. The lowest BCUT2D eigenvalue weighted by Crippen LogP contribution is -2.19. The standard InChI is InChI=1S/C15H19N3O2/c1-10(2)6-16-7-12-8-17-18-15(12)11-3-4-13-14(5-11)20-9-19-13/h3-5,8,10,16H,6-7,9H2,1-2H3,(H,17,18). The van der Waals surface area contributed by atoms with Crippen molar-refractivity contribution >= 4 is 0 Å². The van der Waals surface area contributed by atoms with Crippen molar-refractivity contribution in [3.8, 4) is 22.8 Å². The van der Waals surface area contributed by atoms with Crippen molar-refractivity contribution in [2.75, 3.05) is 13.3 Å². The van der Waals surface area contributed by atoms with E-state index >= 15 is 0 Å². The molecule has 2 heterocycles. The van der Waals surface area contributed by atoms with Crippen LogP contribution in [-0.4, -0.2) is 23.5 Å². The van der Waals surface area contributed by atoms with Crippen LogP contribution in [0.5, 0.6) is 11.5 Å². The lowest BCUT2D eigenvalue weighted by atomic mass is 10.1. The number of benzene rings is 1. The Balaban J connectivity index is 1.78. The van der Waals surface area contributed by atoms with Crippen LogP contribution in [0.3, 0.4) is 0 Å². The second-order valence-corrected chi connectivity index (χ2v) is 5.36. The van der Waals surface area contributed by atoms with E-state index in [0.717, 1.165) is 41.4 Å². The minimum Gasteiger partial charge on any atom is -0.454 e. The summed E-state index contributed by atoms with van der Waals surface area (Å²) in [4.78, 5) is 0. The minimum absolute atomic E-state index is 0.296. The molecule has 0 atom stereocenters. The van der Waals surface area contributed by atoms with Crippen LogP contribution < -0.4 is 14.8 Å². The summed E-state index contributed by atoms with van der Waals surface area (Å²) in [6, 6.07) is 5.94. The Morgan fingerprint density at radius 3 is 3.00 bits per heavy atom. The van der Waals surface area contributed by atoms with Crippen LogP contribution in [0.25, 0.3) is 11.3 Å². The summed E-state index contributed by atoms with van der Waals surface area (Å²) in [5.41, 5.74) is 3.25. The van der Waals surface area contributed by atoms with Gasteiger partial charge in [0.15, 0.2) is 11.5 Å². The van der Waals surface area contributed by atoms with Crippen molar-refractivity contribution in [3.05, 3.63) is 30.0 Å². The lowest BCUT2D eigenvalue weighted by Gasteiger charge is -2.08. The maximum Gasteiger partial charge on any atom is 0.231 e. The first kappa shape index (κ1) is 13.0. The topological polar surface area (TPSA) is 59.2 Å². The van der Waals surface area contributed by atoms with Crippen LogP contribution in [-0.2, 0) is 6.54 Å². The van der Waals surface area contributed by atoms with Gasteiger partial charge in [0.1, 0.15) is 0 Å². The molecule has 5 nitrogen and oxygen atoms in total. The Morgan fingerprint density at radius 2 is 2.15 bits per heavy atom. The Labute approximate surface area is 118 Å². The third-order valence-corrected chi connectivity index (χ3v) is 3.25. The third kappa shape index (κ3) is 2.63. The highest BCUT2D eigenvalue weighted by Gasteiger charge is 2.16. The smallest absolute Gasteiger partial charge is 0.231 e. The number of fused-ring (bicyclic) bond motifs is 1. The second-order valence-electron chi connectivity index (χ2n) is 5.36. The number of rotatable bonds is 5. The molecule has 1 aliphatic heterocycles. The van der Waals surface area contributed by atoms with E-state index in [0.29, 0.717) is 12.7 Å². The summed E-state index contributed by atoms with van der Waals surface area (Å²) in [5.74, 6) is 2.22. The summed E-state index contributed by atoms with van der Waals surface area (Å²) in [5, 5.41) is 10.7. The molecule has 20 heavy (non-hydrogen) atoms. The number of H-pyrrole nitrogens is 1. The van der Waals surface area contributed by atoms with E-state index < -0.39 is 0 Å². The zero-order chi connectivity index (χ0) is 13.9. The Kier molecular flexibility index (Phi) is 3.60. The highest BCUT2D eigenvalue weighted by atomic mass is 16.7. The number of ether oxygens (including phenoxy) is 2. The van der Waals surface area contributed by atoms with Gasteiger partial charge in [0.2, 0.25) is 6.79 Å². The Bertz CT molecular complexity index is 593. The molecule has 0 radical (unpaired) electrons. The molecule has 1 aromatic heterocycles. The normalized spacial score (nSPS) is 13.2. The van der Waals surface area contributed by atoms with Gasteiger partial charge in [-0.2, -0.15) is 5.10 Å². The predicted octanol–water partition coefficient (Wildman–Crippen LogP) is 2.55. The van der Waals surface area contributed by atoms with Crippen molar-refractivity contribution in [1.29, 1.82) is 0 Å². The van der Waals surface area contributed by atoms with Crippen LogP contribution >= 0.6 is 0 Å². The van der Waals surface area contributed by atoms with Crippen LogP contribution in [0.15, 0.2) is 24.4 Å². The van der Waals surface area contributed by atoms with Crippen molar-refractivity contribution in [2.24, 2.45) is 5.92 Å². The van der Waals surface area contributed by atoms with Gasteiger partial charge in [-0.1, -0.05) is 13.8 Å². The molecule has 3 rings (SSSR count). The van der Waals surface area contributed by atoms with E-state index in [4.69, 9.17) is 9.47 Å². The summed E-state index contributed by atoms with van der Waals surface area (Å²) in [6.07, 6.45) is 1.87. The average Bonchev–Trinajstić information content (AvgIpc) is 3.05. The first-order valence-corrected chi connectivity index (χ1v) is 6.87. The SMILES string of the molecule is CC(C)CNCc1cn[nH]c1-c1ccc2c(c1)OCO2. The molecule has 0 spiro atoms. The lowest BCUT2D eigenvalue weighted by molar-refractivity contribution is 0.174. The predicted molar refractivity (Wildman–Crippen MR) is 76.7 cm³/mol. The van der Waals surface area contributed by atoms with Gasteiger partial charge < -0.3 is 14.8 Å². The molecule has 0 bridgehead atoms. The molecule has 106 valence electrons. The molecule has 1 aromatic carbocycles. The molecular formula is C15H19N3O2. The summed E-state index contributed by atoms with van der Waals surface area (Å²) in [7, 11) is 0. The molecule has 5 heteroatoms. The zero-order valence-electron chi connectivity index (χ0n) is 11.8. The molecular weight excluding hydrogens is 254 g/mol. The van der Waals surface area contributed by atoms with E-state index in [2.05, 4.69) is 29.4 Å². The van der Waals surface area contributed by atoms with E-state index in [1.54, 1.807) is 0 Å². The minimum atomic E-state index is 0.296. The van der Waals surface area contributed by atoms with Gasteiger partial charge in [0.05, 0.1) is 11.9 Å². The molecule has 0 unspecified atom stereocenters. The summed E-state index contributed by atoms with van der Waals surface area (Å²) >= 11 is 0. The quantitative estimate of drug-likeness (QED) is 0.879. The largest absolute Gasteiger partial charge is 0.454 e. The van der Waals surface area contributed by atoms with Crippen molar-refractivity contribution in [1.82, 2.24) is 15.5 Å². The van der Waals surface area contributed by atoms with Gasteiger partial charge in [-0.05, 0) is 30.7 Å². The van der Waals surface area contributed by atoms with Crippen LogP contribution in [0, 0.1) is 5.92 Å². The average molecular weight is 273 g/mol. The van der Waals surface area contributed by atoms with E-state index in [1.165, 1.54) is 0 Å². The first-order chi connectivity index (χ1) is 9.74. The highest BCUT2D eigenvalue weighted by Crippen LogP contribution is 2.36. The summed E-state index contributed by atoms with van der Waals surface area (Å²) < 4.78 is 10.7. The van der Waals surface area contributed by atoms with Gasteiger partial charge in [0.25, 0.3) is 0 Å². The molecule has 0 saturated carbocycles. The van der Waals surface area contributed by atoms with Gasteiger partial charge in [-0.3, -0.25) is 5.10 Å². The monoisotopic (exact) mass is 273 g/mol. The Hall–Kier alpha value is -2.01. The van der Waals surface area contributed by atoms with Crippen LogP contribution in [0.4, 0.5) is 0 Å². The van der Waals surface area contributed by atoms with Crippen LogP contribution in [0.1, 0.15) is 19.4 Å². The number of hydrogen-bond acceptors (Lipinski definition) is 4. The first-order valence-electron chi connectivity index (χ1n) is 6.87. The second kappa shape index (κ2) is 5.54. The van der Waals surface area contributed by atoms with Crippen molar-refractivity contribution < 1.29 is 9.47 Å².